The van der Waals surface area contributed by atoms with E-state index < -0.39 is 18.2 Å². The van der Waals surface area contributed by atoms with Crippen LogP contribution in [0.5, 0.6) is 0 Å². The molecule has 3 rings (SSSR count). The second-order valence-electron chi connectivity index (χ2n) is 5.23. The van der Waals surface area contributed by atoms with Gasteiger partial charge in [0.05, 0.1) is 5.56 Å². The lowest BCUT2D eigenvalue weighted by Gasteiger charge is -2.29. The molecule has 6 nitrogen and oxygen atoms in total. The summed E-state index contributed by atoms with van der Waals surface area (Å²) in [5.41, 5.74) is 1.07. The van der Waals surface area contributed by atoms with Crippen LogP contribution in [0.3, 0.4) is 0 Å². The highest BCUT2D eigenvalue weighted by molar-refractivity contribution is 5.96. The molecule has 1 aromatic carbocycles. The van der Waals surface area contributed by atoms with Crippen LogP contribution in [0.4, 0.5) is 0 Å². The normalized spacial score (nSPS) is 23.2. The molecule has 1 saturated heterocycles. The molecule has 2 aliphatic rings. The summed E-state index contributed by atoms with van der Waals surface area (Å²) in [5.74, 6) is -0.912. The van der Waals surface area contributed by atoms with Crippen molar-refractivity contribution in [3.63, 3.8) is 0 Å². The Bertz CT molecular complexity index is 655. The largest absolute Gasteiger partial charge is 0.433 e. The average molecular weight is 300 g/mol. The number of nitrogens with zero attached hydrogens (tertiary/aromatic N) is 1. The fourth-order valence-electron chi connectivity index (χ4n) is 2.88. The van der Waals surface area contributed by atoms with Crippen LogP contribution in [0.2, 0.25) is 0 Å². The Balaban J connectivity index is 1.89. The zero-order valence-electron chi connectivity index (χ0n) is 12.0. The van der Waals surface area contributed by atoms with Gasteiger partial charge in [0.2, 0.25) is 18.0 Å². The molecule has 0 bridgehead atoms. The first-order valence-electron chi connectivity index (χ1n) is 7.13. The first kappa shape index (κ1) is 14.3. The van der Waals surface area contributed by atoms with E-state index in [0.717, 1.165) is 0 Å². The molecule has 0 spiro atoms. The summed E-state index contributed by atoms with van der Waals surface area (Å²) in [7, 11) is 0. The van der Waals surface area contributed by atoms with Crippen LogP contribution in [-0.2, 0) is 14.3 Å². The monoisotopic (exact) mass is 300 g/mol. The van der Waals surface area contributed by atoms with E-state index in [0.29, 0.717) is 24.1 Å². The van der Waals surface area contributed by atoms with E-state index >= 15 is 0 Å². The molecule has 1 N–H and O–H groups in total. The van der Waals surface area contributed by atoms with Gasteiger partial charge in [0.1, 0.15) is 6.04 Å². The molecule has 22 heavy (non-hydrogen) atoms. The predicted octanol–water partition coefficient (Wildman–Crippen LogP) is 1.15. The van der Waals surface area contributed by atoms with Crippen LogP contribution in [0.15, 0.2) is 36.9 Å². The molecular weight excluding hydrogens is 284 g/mol. The summed E-state index contributed by atoms with van der Waals surface area (Å²) in [4.78, 5) is 37.7. The van der Waals surface area contributed by atoms with E-state index in [-0.39, 0.29) is 18.2 Å². The number of hydrogen-bond acceptors (Lipinski definition) is 4. The number of benzene rings is 1. The molecule has 2 heterocycles. The molecule has 0 aromatic heterocycles. The van der Waals surface area contributed by atoms with Crippen molar-refractivity contribution in [1.82, 2.24) is 10.2 Å². The van der Waals surface area contributed by atoms with Gasteiger partial charge in [-0.05, 0) is 12.5 Å². The van der Waals surface area contributed by atoms with E-state index in [1.54, 1.807) is 30.3 Å². The van der Waals surface area contributed by atoms with Crippen molar-refractivity contribution >= 4 is 17.8 Å². The van der Waals surface area contributed by atoms with Gasteiger partial charge in [0, 0.05) is 18.5 Å². The number of carbonyl (C=O) groups is 3. The molecule has 114 valence electrons. The number of rotatable bonds is 4. The predicted molar refractivity (Wildman–Crippen MR) is 77.7 cm³/mol. The summed E-state index contributed by atoms with van der Waals surface area (Å²) < 4.78 is 5.34. The van der Waals surface area contributed by atoms with Crippen LogP contribution in [0.25, 0.3) is 0 Å². The Hall–Kier alpha value is -2.63. The number of amides is 2. The van der Waals surface area contributed by atoms with Gasteiger partial charge in [-0.1, -0.05) is 24.3 Å². The second-order valence-corrected chi connectivity index (χ2v) is 5.23. The Kier molecular flexibility index (Phi) is 3.66. The van der Waals surface area contributed by atoms with E-state index in [1.807, 2.05) is 0 Å². The number of nitrogens with one attached hydrogen (secondary N) is 1. The van der Waals surface area contributed by atoms with Crippen molar-refractivity contribution in [3.05, 3.63) is 48.0 Å². The molecule has 1 aromatic rings. The Morgan fingerprint density at radius 3 is 2.95 bits per heavy atom. The van der Waals surface area contributed by atoms with Gasteiger partial charge >= 0.3 is 5.97 Å². The van der Waals surface area contributed by atoms with E-state index in [9.17, 15) is 14.4 Å². The summed E-state index contributed by atoms with van der Waals surface area (Å²) in [6.45, 7) is 3.88. The summed E-state index contributed by atoms with van der Waals surface area (Å²) >= 11 is 0. The van der Waals surface area contributed by atoms with Crippen molar-refractivity contribution in [2.45, 2.75) is 25.1 Å². The van der Waals surface area contributed by atoms with Crippen molar-refractivity contribution in [2.24, 2.45) is 0 Å². The summed E-state index contributed by atoms with van der Waals surface area (Å²) in [6, 6.07) is 6.29. The molecule has 2 atom stereocenters. The maximum atomic E-state index is 12.2. The second kappa shape index (κ2) is 5.63. The Labute approximate surface area is 127 Å². The average Bonchev–Trinajstić information content (AvgIpc) is 3.06. The molecule has 2 amide bonds. The number of esters is 1. The third-order valence-electron chi connectivity index (χ3n) is 3.90. The van der Waals surface area contributed by atoms with E-state index in [4.69, 9.17) is 4.74 Å². The molecule has 2 aliphatic heterocycles. The Morgan fingerprint density at radius 2 is 2.18 bits per heavy atom. The first-order chi connectivity index (χ1) is 10.6. The van der Waals surface area contributed by atoms with E-state index in [1.165, 1.54) is 4.90 Å². The van der Waals surface area contributed by atoms with Gasteiger partial charge in [-0.15, -0.1) is 6.58 Å². The minimum Gasteiger partial charge on any atom is -0.433 e. The maximum absolute atomic E-state index is 12.2. The highest BCUT2D eigenvalue weighted by Crippen LogP contribution is 2.38. The van der Waals surface area contributed by atoms with Crippen LogP contribution in [-0.4, -0.2) is 35.3 Å². The quantitative estimate of drug-likeness (QED) is 0.668. The van der Waals surface area contributed by atoms with E-state index in [2.05, 4.69) is 11.9 Å². The lowest BCUT2D eigenvalue weighted by atomic mass is 10.1. The number of carbonyl (C=O) groups excluding carboxylic acids is 3. The molecule has 0 unspecified atom stereocenters. The number of fused-ring (bicyclic) bond motifs is 1. The smallest absolute Gasteiger partial charge is 0.340 e. The van der Waals surface area contributed by atoms with Gasteiger partial charge in [-0.2, -0.15) is 0 Å². The van der Waals surface area contributed by atoms with Crippen molar-refractivity contribution in [3.8, 4) is 0 Å². The summed E-state index contributed by atoms with van der Waals surface area (Å²) in [6.07, 6.45) is 1.43. The lowest BCUT2D eigenvalue weighted by molar-refractivity contribution is -0.145. The highest BCUT2D eigenvalue weighted by atomic mass is 16.6. The minimum absolute atomic E-state index is 0.187. The third kappa shape index (κ3) is 2.26. The number of hydrogen-bond donors (Lipinski definition) is 1. The lowest BCUT2D eigenvalue weighted by Crippen LogP contribution is -2.46. The molecule has 0 aliphatic carbocycles. The van der Waals surface area contributed by atoms with Gasteiger partial charge in [-0.25, -0.2) is 4.79 Å². The molecule has 0 saturated carbocycles. The van der Waals surface area contributed by atoms with Crippen LogP contribution >= 0.6 is 0 Å². The van der Waals surface area contributed by atoms with Gasteiger partial charge < -0.3 is 10.1 Å². The van der Waals surface area contributed by atoms with Crippen molar-refractivity contribution < 1.29 is 19.1 Å². The number of likely N-dealkylation sites (tertiary alicyclic amines) is 1. The molecular formula is C16H16N2O4. The fraction of sp³-hybridized carbons (Fsp3) is 0.312. The molecule has 0 radical (unpaired) electrons. The standard InChI is InChI=1S/C16H16N2O4/c1-2-9-17-14(20)12-7-8-13(19)18(12)15-10-5-3-4-6-11(10)16(21)22-15/h2-6,12,15H,1,7-9H2,(H,17,20)/t12-,15-/m1/s1. The zero-order valence-corrected chi connectivity index (χ0v) is 12.0. The summed E-state index contributed by atoms with van der Waals surface area (Å²) in [5, 5.41) is 2.69. The SMILES string of the molecule is C=CCNC(=O)[C@H]1CCC(=O)N1[C@@H]1OC(=O)c2ccccc21. The number of ether oxygens (including phenoxy) is 1. The third-order valence-corrected chi connectivity index (χ3v) is 3.90. The molecule has 1 fully saturated rings. The topological polar surface area (TPSA) is 75.7 Å². The van der Waals surface area contributed by atoms with Crippen molar-refractivity contribution in [2.75, 3.05) is 6.54 Å². The maximum Gasteiger partial charge on any atom is 0.340 e. The van der Waals surface area contributed by atoms with Gasteiger partial charge in [0.25, 0.3) is 0 Å². The molecule has 6 heteroatoms. The van der Waals surface area contributed by atoms with Crippen LogP contribution in [0.1, 0.15) is 35.0 Å². The van der Waals surface area contributed by atoms with Crippen molar-refractivity contribution in [1.29, 1.82) is 0 Å². The van der Waals surface area contributed by atoms with Gasteiger partial charge in [-0.3, -0.25) is 14.5 Å². The minimum atomic E-state index is -0.821. The highest BCUT2D eigenvalue weighted by Gasteiger charge is 2.46. The van der Waals surface area contributed by atoms with Crippen LogP contribution in [0, 0.1) is 0 Å². The fourth-order valence-corrected chi connectivity index (χ4v) is 2.88. The number of cyclic esters (lactones) is 1. The van der Waals surface area contributed by atoms with Crippen LogP contribution < -0.4 is 5.32 Å². The Morgan fingerprint density at radius 1 is 1.41 bits per heavy atom. The zero-order chi connectivity index (χ0) is 15.7. The first-order valence-corrected chi connectivity index (χ1v) is 7.13. The van der Waals surface area contributed by atoms with Gasteiger partial charge in [0.15, 0.2) is 0 Å².